The summed E-state index contributed by atoms with van der Waals surface area (Å²) in [4.78, 5) is 21.4. The zero-order valence-corrected chi connectivity index (χ0v) is 12.1. The molecule has 1 unspecified atom stereocenters. The largest absolute Gasteiger partial charge is 0.347 e. The Morgan fingerprint density at radius 1 is 1.41 bits per heavy atom. The van der Waals surface area contributed by atoms with Crippen LogP contribution in [0.25, 0.3) is 0 Å². The Hall–Kier alpha value is -2.24. The molecule has 1 aromatic carbocycles. The molecule has 1 N–H and O–H groups in total. The van der Waals surface area contributed by atoms with E-state index in [0.717, 1.165) is 36.9 Å². The van der Waals surface area contributed by atoms with Crippen LogP contribution in [0.4, 0.5) is 8.78 Å². The monoisotopic (exact) mass is 305 g/mol. The first-order valence-electron chi connectivity index (χ1n) is 7.38. The first kappa shape index (κ1) is 14.7. The number of amides is 1. The van der Waals surface area contributed by atoms with E-state index in [1.54, 1.807) is 17.3 Å². The molecule has 1 atom stereocenters. The summed E-state index contributed by atoms with van der Waals surface area (Å²) in [5.41, 5.74) is 0.238. The topological polar surface area (TPSA) is 49.0 Å². The Morgan fingerprint density at radius 2 is 2.27 bits per heavy atom. The third kappa shape index (κ3) is 3.00. The van der Waals surface area contributed by atoms with E-state index in [1.807, 2.05) is 0 Å². The molecule has 3 rings (SSSR count). The molecule has 0 bridgehead atoms. The number of imidazole rings is 1. The molecule has 1 fully saturated rings. The van der Waals surface area contributed by atoms with Gasteiger partial charge in [-0.15, -0.1) is 0 Å². The van der Waals surface area contributed by atoms with Gasteiger partial charge in [-0.05, 0) is 43.0 Å². The number of halogens is 2. The van der Waals surface area contributed by atoms with Crippen molar-refractivity contribution < 1.29 is 13.6 Å². The molecule has 6 heteroatoms. The summed E-state index contributed by atoms with van der Waals surface area (Å²) < 4.78 is 26.7. The summed E-state index contributed by atoms with van der Waals surface area (Å²) in [6.07, 6.45) is 5.55. The molecule has 1 aliphatic heterocycles. The van der Waals surface area contributed by atoms with Gasteiger partial charge in [0, 0.05) is 25.4 Å². The Morgan fingerprint density at radius 3 is 3.05 bits per heavy atom. The minimum Gasteiger partial charge on any atom is -0.347 e. The molecule has 22 heavy (non-hydrogen) atoms. The fourth-order valence-electron chi connectivity index (χ4n) is 2.93. The summed E-state index contributed by atoms with van der Waals surface area (Å²) in [5, 5.41) is 0. The van der Waals surface area contributed by atoms with Crippen LogP contribution in [0.3, 0.4) is 0 Å². The summed E-state index contributed by atoms with van der Waals surface area (Å²) in [6.45, 7) is 0.676. The van der Waals surface area contributed by atoms with Crippen molar-refractivity contribution in [2.75, 3.05) is 6.54 Å². The Balaban J connectivity index is 1.65. The molecule has 0 spiro atoms. The number of aromatic amines is 1. The molecule has 2 aromatic rings. The zero-order valence-electron chi connectivity index (χ0n) is 12.1. The average Bonchev–Trinajstić information content (AvgIpc) is 3.17. The number of hydrogen-bond donors (Lipinski definition) is 1. The van der Waals surface area contributed by atoms with Crippen molar-refractivity contribution in [1.29, 1.82) is 0 Å². The van der Waals surface area contributed by atoms with Gasteiger partial charge in [0.05, 0.1) is 6.04 Å². The summed E-state index contributed by atoms with van der Waals surface area (Å²) in [5.74, 6) is -0.234. The number of nitrogens with one attached hydrogen (secondary N) is 1. The second kappa shape index (κ2) is 6.25. The Labute approximate surface area is 127 Å². The second-order valence-electron chi connectivity index (χ2n) is 5.46. The summed E-state index contributed by atoms with van der Waals surface area (Å²) >= 11 is 0. The van der Waals surface area contributed by atoms with Gasteiger partial charge in [-0.25, -0.2) is 13.8 Å². The number of hydrogen-bond acceptors (Lipinski definition) is 2. The lowest BCUT2D eigenvalue weighted by atomic mass is 10.1. The molecule has 1 saturated heterocycles. The first-order valence-corrected chi connectivity index (χ1v) is 7.38. The number of benzene rings is 1. The van der Waals surface area contributed by atoms with E-state index in [9.17, 15) is 13.6 Å². The predicted molar refractivity (Wildman–Crippen MR) is 77.0 cm³/mol. The minimum atomic E-state index is -0.488. The highest BCUT2D eigenvalue weighted by atomic mass is 19.1. The standard InChI is InChI=1S/C16H17F2N3O/c17-12-4-5-13(18)11(10-12)3-6-15(22)21-9-1-2-14(21)16-19-7-8-20-16/h4-5,7-8,10,14H,1-3,6,9H2,(H,19,20). The number of aromatic nitrogens is 2. The van der Waals surface area contributed by atoms with Crippen LogP contribution >= 0.6 is 0 Å². The SMILES string of the molecule is O=C(CCc1cc(F)ccc1F)N1CCCC1c1ncc[nH]1. The third-order valence-electron chi connectivity index (χ3n) is 4.02. The minimum absolute atomic E-state index is 0.0418. The van der Waals surface area contributed by atoms with E-state index in [2.05, 4.69) is 9.97 Å². The van der Waals surface area contributed by atoms with E-state index >= 15 is 0 Å². The molecule has 1 amide bonds. The average molecular weight is 305 g/mol. The molecule has 0 saturated carbocycles. The Bertz CT molecular complexity index is 657. The number of rotatable bonds is 4. The van der Waals surface area contributed by atoms with Crippen LogP contribution in [0.1, 0.15) is 36.7 Å². The third-order valence-corrected chi connectivity index (χ3v) is 4.02. The van der Waals surface area contributed by atoms with Gasteiger partial charge < -0.3 is 9.88 Å². The maximum atomic E-state index is 13.6. The van der Waals surface area contributed by atoms with Crippen molar-refractivity contribution in [3.05, 3.63) is 53.6 Å². The van der Waals surface area contributed by atoms with Gasteiger partial charge in [-0.3, -0.25) is 4.79 Å². The van der Waals surface area contributed by atoms with E-state index < -0.39 is 11.6 Å². The molecular weight excluding hydrogens is 288 g/mol. The van der Waals surface area contributed by atoms with E-state index in [0.29, 0.717) is 6.54 Å². The van der Waals surface area contributed by atoms with E-state index in [4.69, 9.17) is 0 Å². The Kier molecular flexibility index (Phi) is 4.18. The summed E-state index contributed by atoms with van der Waals surface area (Å²) in [7, 11) is 0. The van der Waals surface area contributed by atoms with E-state index in [1.165, 1.54) is 0 Å². The number of carbonyl (C=O) groups is 1. The van der Waals surface area contributed by atoms with Crippen LogP contribution in [0, 0.1) is 11.6 Å². The lowest BCUT2D eigenvalue weighted by Gasteiger charge is -2.23. The highest BCUT2D eigenvalue weighted by molar-refractivity contribution is 5.77. The molecular formula is C16H17F2N3O. The molecule has 0 aliphatic carbocycles. The quantitative estimate of drug-likeness (QED) is 0.944. The fourth-order valence-corrected chi connectivity index (χ4v) is 2.93. The van der Waals surface area contributed by atoms with Crippen LogP contribution in [0.2, 0.25) is 0 Å². The van der Waals surface area contributed by atoms with E-state index in [-0.39, 0.29) is 30.4 Å². The lowest BCUT2D eigenvalue weighted by molar-refractivity contribution is -0.132. The fraction of sp³-hybridized carbons (Fsp3) is 0.375. The molecule has 116 valence electrons. The second-order valence-corrected chi connectivity index (χ2v) is 5.46. The van der Waals surface area contributed by atoms with Gasteiger partial charge >= 0.3 is 0 Å². The van der Waals surface area contributed by atoms with Crippen LogP contribution in [0.15, 0.2) is 30.6 Å². The number of likely N-dealkylation sites (tertiary alicyclic amines) is 1. The molecule has 4 nitrogen and oxygen atoms in total. The normalized spacial score (nSPS) is 17.9. The zero-order chi connectivity index (χ0) is 15.5. The smallest absolute Gasteiger partial charge is 0.223 e. The van der Waals surface area contributed by atoms with Crippen molar-refractivity contribution in [3.8, 4) is 0 Å². The van der Waals surface area contributed by atoms with Crippen LogP contribution in [0.5, 0.6) is 0 Å². The van der Waals surface area contributed by atoms with Crippen LogP contribution in [-0.2, 0) is 11.2 Å². The maximum absolute atomic E-state index is 13.6. The van der Waals surface area contributed by atoms with Crippen molar-refractivity contribution in [2.24, 2.45) is 0 Å². The van der Waals surface area contributed by atoms with Crippen LogP contribution in [-0.4, -0.2) is 27.3 Å². The molecule has 0 radical (unpaired) electrons. The number of nitrogens with zero attached hydrogens (tertiary/aromatic N) is 2. The first-order chi connectivity index (χ1) is 10.6. The van der Waals surface area contributed by atoms with Gasteiger partial charge in [0.2, 0.25) is 5.91 Å². The van der Waals surface area contributed by atoms with Crippen molar-refractivity contribution in [3.63, 3.8) is 0 Å². The molecule has 2 heterocycles. The van der Waals surface area contributed by atoms with Crippen molar-refractivity contribution >= 4 is 5.91 Å². The van der Waals surface area contributed by atoms with Crippen molar-refractivity contribution in [1.82, 2.24) is 14.9 Å². The molecule has 1 aliphatic rings. The van der Waals surface area contributed by atoms with Gasteiger partial charge in [-0.1, -0.05) is 0 Å². The number of carbonyl (C=O) groups excluding carboxylic acids is 1. The van der Waals surface area contributed by atoms with Gasteiger partial charge in [-0.2, -0.15) is 0 Å². The highest BCUT2D eigenvalue weighted by Crippen LogP contribution is 2.30. The summed E-state index contributed by atoms with van der Waals surface area (Å²) in [6, 6.07) is 3.28. The van der Waals surface area contributed by atoms with Gasteiger partial charge in [0.15, 0.2) is 0 Å². The van der Waals surface area contributed by atoms with Crippen LogP contribution < -0.4 is 0 Å². The van der Waals surface area contributed by atoms with Gasteiger partial charge in [0.1, 0.15) is 17.5 Å². The highest BCUT2D eigenvalue weighted by Gasteiger charge is 2.31. The number of H-pyrrole nitrogens is 1. The predicted octanol–water partition coefficient (Wildman–Crippen LogP) is 2.98. The lowest BCUT2D eigenvalue weighted by Crippen LogP contribution is -2.31. The van der Waals surface area contributed by atoms with Crippen molar-refractivity contribution in [2.45, 2.75) is 31.7 Å². The number of aryl methyl sites for hydroxylation is 1. The van der Waals surface area contributed by atoms with Gasteiger partial charge in [0.25, 0.3) is 0 Å². The molecule has 1 aromatic heterocycles. The maximum Gasteiger partial charge on any atom is 0.223 e.